The van der Waals surface area contributed by atoms with E-state index in [9.17, 15) is 4.79 Å². The number of methoxy groups -OCH3 is 1. The Balaban J connectivity index is 2.16. The molecule has 1 aromatic heterocycles. The number of nitrogens with two attached hydrogens (primary N) is 1. The van der Waals surface area contributed by atoms with Gasteiger partial charge in [0.2, 0.25) is 0 Å². The fourth-order valence-corrected chi connectivity index (χ4v) is 2.49. The molecule has 0 spiro atoms. The highest BCUT2D eigenvalue weighted by Gasteiger charge is 2.20. The van der Waals surface area contributed by atoms with Crippen LogP contribution in [0.4, 0.5) is 0 Å². The number of aromatic amines is 1. The molecule has 3 aromatic rings. The first-order valence-corrected chi connectivity index (χ1v) is 6.75. The Kier molecular flexibility index (Phi) is 3.39. The highest BCUT2D eigenvalue weighted by Crippen LogP contribution is 2.25. The molecule has 0 unspecified atom stereocenters. The maximum atomic E-state index is 11.7. The van der Waals surface area contributed by atoms with Crippen LogP contribution in [-0.4, -0.2) is 23.7 Å². The maximum Gasteiger partial charge on any atom is 0.265 e. The molecule has 3 rings (SSSR count). The summed E-state index contributed by atoms with van der Waals surface area (Å²) in [6.07, 6.45) is 0. The summed E-state index contributed by atoms with van der Waals surface area (Å²) < 4.78 is 5.12. The van der Waals surface area contributed by atoms with Crippen molar-refractivity contribution in [2.45, 2.75) is 0 Å². The predicted octanol–water partition coefficient (Wildman–Crippen LogP) is 2.69. The van der Waals surface area contributed by atoms with E-state index in [1.807, 2.05) is 24.3 Å². The van der Waals surface area contributed by atoms with Crippen LogP contribution in [0.15, 0.2) is 48.5 Å². The van der Waals surface area contributed by atoms with Gasteiger partial charge < -0.3 is 15.5 Å². The zero-order chi connectivity index (χ0) is 15.7. The fraction of sp³-hybridized carbons (Fsp3) is 0.0588. The van der Waals surface area contributed by atoms with E-state index in [-0.39, 0.29) is 11.4 Å². The van der Waals surface area contributed by atoms with E-state index in [4.69, 9.17) is 15.9 Å². The molecule has 22 heavy (non-hydrogen) atoms. The van der Waals surface area contributed by atoms with E-state index in [1.165, 1.54) is 0 Å². The van der Waals surface area contributed by atoms with Gasteiger partial charge in [-0.1, -0.05) is 18.2 Å². The van der Waals surface area contributed by atoms with Gasteiger partial charge in [-0.2, -0.15) is 0 Å². The Labute approximate surface area is 127 Å². The molecule has 0 saturated heterocycles. The summed E-state index contributed by atoms with van der Waals surface area (Å²) in [7, 11) is 1.59. The van der Waals surface area contributed by atoms with E-state index in [0.717, 1.165) is 10.9 Å². The molecule has 5 heteroatoms. The molecule has 0 radical (unpaired) electrons. The number of hydrogen-bond donors (Lipinski definition) is 3. The van der Waals surface area contributed by atoms with E-state index in [1.54, 1.807) is 31.4 Å². The fourth-order valence-electron chi connectivity index (χ4n) is 2.49. The number of rotatable bonds is 4. The third-order valence-corrected chi connectivity index (χ3v) is 3.58. The standard InChI is InChI=1S/C17H15N3O2/c1-22-11-8-6-10(7-9-11)15(18)14-12-4-2-3-5-13(12)20-16(14)17(19)21/h2-9,18,20H,1H3,(H2,19,21). The van der Waals surface area contributed by atoms with Crippen molar-refractivity contribution in [3.05, 3.63) is 65.4 Å². The zero-order valence-corrected chi connectivity index (χ0v) is 12.0. The Hall–Kier alpha value is -3.08. The second-order valence-corrected chi connectivity index (χ2v) is 4.89. The Morgan fingerprint density at radius 1 is 1.14 bits per heavy atom. The number of H-pyrrole nitrogens is 1. The predicted molar refractivity (Wildman–Crippen MR) is 85.7 cm³/mol. The van der Waals surface area contributed by atoms with Crippen LogP contribution in [0.5, 0.6) is 5.75 Å². The van der Waals surface area contributed by atoms with Crippen LogP contribution in [0, 0.1) is 5.41 Å². The lowest BCUT2D eigenvalue weighted by Gasteiger charge is -2.06. The van der Waals surface area contributed by atoms with Crippen LogP contribution in [0.2, 0.25) is 0 Å². The van der Waals surface area contributed by atoms with Gasteiger partial charge in [0.1, 0.15) is 11.4 Å². The smallest absolute Gasteiger partial charge is 0.265 e. The normalized spacial score (nSPS) is 10.6. The number of carbonyl (C=O) groups excluding carboxylic acids is 1. The highest BCUT2D eigenvalue weighted by atomic mass is 16.5. The van der Waals surface area contributed by atoms with E-state index < -0.39 is 5.91 Å². The van der Waals surface area contributed by atoms with Gasteiger partial charge in [0.25, 0.3) is 5.91 Å². The van der Waals surface area contributed by atoms with Gasteiger partial charge in [-0.05, 0) is 30.3 Å². The summed E-state index contributed by atoms with van der Waals surface area (Å²) in [5.41, 5.74) is 7.94. The lowest BCUT2D eigenvalue weighted by Crippen LogP contribution is -2.16. The van der Waals surface area contributed by atoms with E-state index in [2.05, 4.69) is 4.98 Å². The molecule has 1 amide bonds. The third-order valence-electron chi connectivity index (χ3n) is 3.58. The van der Waals surface area contributed by atoms with Gasteiger partial charge in [-0.25, -0.2) is 0 Å². The maximum absolute atomic E-state index is 11.7. The molecule has 5 nitrogen and oxygen atoms in total. The van der Waals surface area contributed by atoms with Crippen LogP contribution >= 0.6 is 0 Å². The lowest BCUT2D eigenvalue weighted by molar-refractivity contribution is 0.0996. The van der Waals surface area contributed by atoms with Gasteiger partial charge in [-0.15, -0.1) is 0 Å². The number of hydrogen-bond acceptors (Lipinski definition) is 3. The third kappa shape index (κ3) is 2.22. The number of carbonyl (C=O) groups is 1. The second-order valence-electron chi connectivity index (χ2n) is 4.89. The van der Waals surface area contributed by atoms with E-state index in [0.29, 0.717) is 16.9 Å². The number of para-hydroxylation sites is 1. The molecule has 0 saturated carbocycles. The van der Waals surface area contributed by atoms with Crippen LogP contribution in [-0.2, 0) is 0 Å². The number of nitrogens with one attached hydrogen (secondary N) is 2. The number of ether oxygens (including phenoxy) is 1. The van der Waals surface area contributed by atoms with Crippen LogP contribution in [0.25, 0.3) is 10.9 Å². The van der Waals surface area contributed by atoms with Gasteiger partial charge in [0.05, 0.1) is 12.8 Å². The van der Waals surface area contributed by atoms with Crippen molar-refractivity contribution in [3.8, 4) is 5.75 Å². The minimum atomic E-state index is -0.579. The first kappa shape index (κ1) is 13.9. The summed E-state index contributed by atoms with van der Waals surface area (Å²) in [4.78, 5) is 14.7. The van der Waals surface area contributed by atoms with Crippen LogP contribution in [0.3, 0.4) is 0 Å². The molecule has 0 aliphatic rings. The van der Waals surface area contributed by atoms with Gasteiger partial charge >= 0.3 is 0 Å². The average Bonchev–Trinajstić information content (AvgIpc) is 2.94. The molecule has 2 aromatic carbocycles. The number of benzene rings is 2. The van der Waals surface area contributed by atoms with Crippen LogP contribution < -0.4 is 10.5 Å². The van der Waals surface area contributed by atoms with Crippen molar-refractivity contribution in [3.63, 3.8) is 0 Å². The van der Waals surface area contributed by atoms with Crippen molar-refractivity contribution < 1.29 is 9.53 Å². The number of amides is 1. The summed E-state index contributed by atoms with van der Waals surface area (Å²) in [6.45, 7) is 0. The number of primary amides is 1. The number of aromatic nitrogens is 1. The topological polar surface area (TPSA) is 92.0 Å². The van der Waals surface area contributed by atoms with Crippen molar-refractivity contribution >= 4 is 22.5 Å². The quantitative estimate of drug-likeness (QED) is 0.645. The molecule has 4 N–H and O–H groups in total. The average molecular weight is 293 g/mol. The Morgan fingerprint density at radius 3 is 2.45 bits per heavy atom. The minimum absolute atomic E-state index is 0.244. The second kappa shape index (κ2) is 5.37. The van der Waals surface area contributed by atoms with Gasteiger partial charge in [0.15, 0.2) is 0 Å². The Morgan fingerprint density at radius 2 is 1.82 bits per heavy atom. The SMILES string of the molecule is COc1ccc(C(=N)c2c(C(N)=O)[nH]c3ccccc23)cc1. The largest absolute Gasteiger partial charge is 0.497 e. The molecule has 0 fully saturated rings. The zero-order valence-electron chi connectivity index (χ0n) is 12.0. The molecule has 110 valence electrons. The van der Waals surface area contributed by atoms with E-state index >= 15 is 0 Å². The first-order chi connectivity index (χ1) is 10.6. The van der Waals surface area contributed by atoms with Crippen molar-refractivity contribution in [2.24, 2.45) is 5.73 Å². The summed E-state index contributed by atoms with van der Waals surface area (Å²) >= 11 is 0. The lowest BCUT2D eigenvalue weighted by atomic mass is 9.99. The molecule has 0 bridgehead atoms. The molecule has 1 heterocycles. The first-order valence-electron chi connectivity index (χ1n) is 6.75. The van der Waals surface area contributed by atoms with Crippen LogP contribution in [0.1, 0.15) is 21.6 Å². The minimum Gasteiger partial charge on any atom is -0.497 e. The Bertz CT molecular complexity index is 863. The number of fused-ring (bicyclic) bond motifs is 1. The molecular weight excluding hydrogens is 278 g/mol. The molecule has 0 aliphatic carbocycles. The van der Waals surface area contributed by atoms with Crippen molar-refractivity contribution in [1.29, 1.82) is 5.41 Å². The van der Waals surface area contributed by atoms with Gasteiger partial charge in [-0.3, -0.25) is 10.2 Å². The molecule has 0 atom stereocenters. The van der Waals surface area contributed by atoms with Gasteiger partial charge in [0, 0.05) is 22.0 Å². The summed E-state index contributed by atoms with van der Waals surface area (Å²) in [5.74, 6) is 0.134. The van der Waals surface area contributed by atoms with Crippen molar-refractivity contribution in [1.82, 2.24) is 4.98 Å². The summed E-state index contributed by atoms with van der Waals surface area (Å²) in [6, 6.07) is 14.6. The van der Waals surface area contributed by atoms with Crippen molar-refractivity contribution in [2.75, 3.05) is 7.11 Å². The summed E-state index contributed by atoms with van der Waals surface area (Å²) in [5, 5.41) is 9.27. The monoisotopic (exact) mass is 293 g/mol. The highest BCUT2D eigenvalue weighted by molar-refractivity contribution is 6.22. The molecular formula is C17H15N3O2. The molecule has 0 aliphatic heterocycles.